The molecule has 0 aliphatic rings. The first kappa shape index (κ1) is 32.5. The molecule has 0 saturated carbocycles. The molecule has 45 heavy (non-hydrogen) atoms. The Bertz CT molecular complexity index is 1770. The summed E-state index contributed by atoms with van der Waals surface area (Å²) in [6, 6.07) is 12.1. The summed E-state index contributed by atoms with van der Waals surface area (Å²) in [6.45, 7) is 6.39. The molecule has 4 rings (SSSR count). The van der Waals surface area contributed by atoms with Crippen molar-refractivity contribution in [3.8, 4) is 17.0 Å². The fraction of sp³-hybridized carbons (Fsp3) is 0.323. The zero-order valence-electron chi connectivity index (χ0n) is 25.6. The summed E-state index contributed by atoms with van der Waals surface area (Å²) in [6.07, 6.45) is 0.435. The molecule has 0 aliphatic heterocycles. The maximum atomic E-state index is 14.4. The van der Waals surface area contributed by atoms with E-state index in [-0.39, 0.29) is 23.3 Å². The first-order valence-electron chi connectivity index (χ1n) is 13.9. The van der Waals surface area contributed by atoms with Gasteiger partial charge in [-0.05, 0) is 43.0 Å². The predicted octanol–water partition coefficient (Wildman–Crippen LogP) is 3.97. The number of carbonyl (C=O) groups is 3. The number of methoxy groups -OCH3 is 2. The number of rotatable bonds is 11. The van der Waals surface area contributed by atoms with Crippen LogP contribution in [0.4, 0.5) is 15.0 Å². The number of hydrogen-bond acceptors (Lipinski definition) is 10. The Kier molecular flexibility index (Phi) is 9.75. The lowest BCUT2D eigenvalue weighted by molar-refractivity contribution is -0.122. The second-order valence-electron chi connectivity index (χ2n) is 10.9. The summed E-state index contributed by atoms with van der Waals surface area (Å²) in [5.41, 5.74) is -0.328. The third kappa shape index (κ3) is 7.06. The van der Waals surface area contributed by atoms with E-state index in [1.165, 1.54) is 25.4 Å². The molecule has 236 valence electrons. The molecule has 0 spiro atoms. The normalized spacial score (nSPS) is 12.0. The molecule has 2 amide bonds. The number of Topliss-reactive ketones (excluding diaryl/α,β-unsaturated/α-hetero) is 1. The summed E-state index contributed by atoms with van der Waals surface area (Å²) in [5, 5.41) is 12.9. The average Bonchev–Trinajstić information content (AvgIpc) is 3.53. The minimum Gasteiger partial charge on any atom is -0.494 e. The molecule has 13 nitrogen and oxygen atoms in total. The third-order valence-electron chi connectivity index (χ3n) is 7.14. The number of carbonyl (C=O) groups excluding carboxylic acids is 3. The van der Waals surface area contributed by atoms with Gasteiger partial charge in [0.2, 0.25) is 23.4 Å². The van der Waals surface area contributed by atoms with Crippen molar-refractivity contribution in [2.24, 2.45) is 5.92 Å². The van der Waals surface area contributed by atoms with Gasteiger partial charge in [0, 0.05) is 0 Å². The van der Waals surface area contributed by atoms with Gasteiger partial charge < -0.3 is 19.2 Å². The summed E-state index contributed by atoms with van der Waals surface area (Å²) in [4.78, 5) is 56.0. The first-order valence-corrected chi connectivity index (χ1v) is 13.9. The molecule has 2 aromatic heterocycles. The van der Waals surface area contributed by atoms with E-state index in [9.17, 15) is 23.6 Å². The Balaban J connectivity index is 1.59. The van der Waals surface area contributed by atoms with Crippen molar-refractivity contribution in [3.63, 3.8) is 0 Å². The van der Waals surface area contributed by atoms with Gasteiger partial charge in [-0.15, -0.1) is 10.2 Å². The number of ether oxygens (including phenoxy) is 2. The van der Waals surface area contributed by atoms with Crippen molar-refractivity contribution in [1.82, 2.24) is 25.1 Å². The van der Waals surface area contributed by atoms with Crippen molar-refractivity contribution >= 4 is 23.6 Å². The van der Waals surface area contributed by atoms with Crippen LogP contribution in [0.5, 0.6) is 5.75 Å². The molecule has 0 aliphatic carbocycles. The molecule has 0 radical (unpaired) electrons. The van der Waals surface area contributed by atoms with Crippen LogP contribution in [-0.2, 0) is 21.5 Å². The zero-order valence-corrected chi connectivity index (χ0v) is 25.6. The first-order chi connectivity index (χ1) is 21.4. The molecule has 2 heterocycles. The van der Waals surface area contributed by atoms with Crippen LogP contribution >= 0.6 is 0 Å². The summed E-state index contributed by atoms with van der Waals surface area (Å²) >= 11 is 0. The Morgan fingerprint density at radius 2 is 1.78 bits per heavy atom. The highest BCUT2D eigenvalue weighted by atomic mass is 19.1. The summed E-state index contributed by atoms with van der Waals surface area (Å²) < 4.78 is 30.8. The van der Waals surface area contributed by atoms with Gasteiger partial charge >= 0.3 is 6.09 Å². The van der Waals surface area contributed by atoms with E-state index in [0.29, 0.717) is 16.8 Å². The standard InChI is InChI=1S/C31H33FN6O7/c1-17(2)24(25(40)27-36-37-29(45-27)31(3,4)19-12-13-22(43-5)20(32)14-19)34-23(39)16-38-21(18-10-8-7-9-11-18)15-33-26(28(38)41)35-30(42)44-6/h7-15,17,24H,16H2,1-6H3,(H,34,39)(H,33,35,42)/t24-/m0/s1. The quantitative estimate of drug-likeness (QED) is 0.234. The fourth-order valence-electron chi connectivity index (χ4n) is 4.50. The van der Waals surface area contributed by atoms with Crippen LogP contribution in [0.2, 0.25) is 0 Å². The van der Waals surface area contributed by atoms with E-state index in [4.69, 9.17) is 9.15 Å². The number of benzene rings is 2. The minimum atomic E-state index is -1.10. The van der Waals surface area contributed by atoms with Crippen molar-refractivity contribution in [2.75, 3.05) is 19.5 Å². The lowest BCUT2D eigenvalue weighted by Gasteiger charge is -2.22. The van der Waals surface area contributed by atoms with Crippen LogP contribution in [0.1, 0.15) is 49.8 Å². The second kappa shape index (κ2) is 13.5. The van der Waals surface area contributed by atoms with Gasteiger partial charge in [0.1, 0.15) is 6.54 Å². The van der Waals surface area contributed by atoms with Gasteiger partial charge in [0.15, 0.2) is 11.6 Å². The van der Waals surface area contributed by atoms with Gasteiger partial charge in [-0.3, -0.25) is 24.3 Å². The summed E-state index contributed by atoms with van der Waals surface area (Å²) in [7, 11) is 2.50. The molecule has 4 aromatic rings. The number of ketones is 1. The number of anilines is 1. The highest BCUT2D eigenvalue weighted by Crippen LogP contribution is 2.33. The van der Waals surface area contributed by atoms with E-state index in [1.54, 1.807) is 64.1 Å². The van der Waals surface area contributed by atoms with E-state index in [1.807, 2.05) is 0 Å². The monoisotopic (exact) mass is 620 g/mol. The fourth-order valence-corrected chi connectivity index (χ4v) is 4.50. The average molecular weight is 621 g/mol. The Morgan fingerprint density at radius 1 is 1.07 bits per heavy atom. The van der Waals surface area contributed by atoms with Crippen molar-refractivity contribution in [3.05, 3.63) is 88.2 Å². The number of hydrogen-bond donors (Lipinski definition) is 2. The van der Waals surface area contributed by atoms with Crippen LogP contribution in [0, 0.1) is 11.7 Å². The van der Waals surface area contributed by atoms with Crippen molar-refractivity contribution in [2.45, 2.75) is 45.7 Å². The van der Waals surface area contributed by atoms with E-state index < -0.39 is 53.1 Å². The van der Waals surface area contributed by atoms with Crippen LogP contribution < -0.4 is 20.9 Å². The lowest BCUT2D eigenvalue weighted by atomic mass is 9.84. The molecular weight excluding hydrogens is 587 g/mol. The topological polar surface area (TPSA) is 168 Å². The van der Waals surface area contributed by atoms with Gasteiger partial charge in [-0.2, -0.15) is 0 Å². The minimum absolute atomic E-state index is 0.0609. The number of amides is 2. The maximum Gasteiger partial charge on any atom is 0.412 e. The van der Waals surface area contributed by atoms with Crippen molar-refractivity contribution < 1.29 is 32.7 Å². The molecule has 0 saturated heterocycles. The van der Waals surface area contributed by atoms with Gasteiger partial charge in [0.05, 0.1) is 37.6 Å². The van der Waals surface area contributed by atoms with Gasteiger partial charge in [-0.1, -0.05) is 50.2 Å². The van der Waals surface area contributed by atoms with Gasteiger partial charge in [-0.25, -0.2) is 14.2 Å². The smallest absolute Gasteiger partial charge is 0.412 e. The highest BCUT2D eigenvalue weighted by molar-refractivity contribution is 5.98. The van der Waals surface area contributed by atoms with Crippen LogP contribution in [0.3, 0.4) is 0 Å². The molecule has 14 heteroatoms. The Labute approximate surface area is 257 Å². The highest BCUT2D eigenvalue weighted by Gasteiger charge is 2.34. The number of halogens is 1. The summed E-state index contributed by atoms with van der Waals surface area (Å²) in [5.74, 6) is -2.86. The SMILES string of the molecule is COC(=O)Nc1ncc(-c2ccccc2)n(CC(=O)N[C@H](C(=O)c2nnc(C(C)(C)c3ccc(OC)c(F)c3)o2)C(C)C)c1=O. The zero-order chi connectivity index (χ0) is 32.9. The van der Waals surface area contributed by atoms with Crippen molar-refractivity contribution in [1.29, 1.82) is 0 Å². The molecule has 2 N–H and O–H groups in total. The third-order valence-corrected chi connectivity index (χ3v) is 7.14. The second-order valence-corrected chi connectivity index (χ2v) is 10.9. The molecule has 0 unspecified atom stereocenters. The predicted molar refractivity (Wildman–Crippen MR) is 160 cm³/mol. The molecule has 1 atom stereocenters. The van der Waals surface area contributed by atoms with Crippen LogP contribution in [-0.4, -0.2) is 57.8 Å². The number of nitrogens with zero attached hydrogens (tertiary/aromatic N) is 4. The Morgan fingerprint density at radius 3 is 2.40 bits per heavy atom. The van der Waals surface area contributed by atoms with E-state index >= 15 is 0 Å². The molecule has 0 fully saturated rings. The van der Waals surface area contributed by atoms with Gasteiger partial charge in [0.25, 0.3) is 11.4 Å². The van der Waals surface area contributed by atoms with Crippen LogP contribution in [0.15, 0.2) is 63.9 Å². The van der Waals surface area contributed by atoms with Crippen LogP contribution in [0.25, 0.3) is 11.3 Å². The van der Waals surface area contributed by atoms with E-state index in [2.05, 4.69) is 30.6 Å². The number of nitrogens with one attached hydrogen (secondary N) is 2. The largest absolute Gasteiger partial charge is 0.494 e. The molecule has 2 aromatic carbocycles. The lowest BCUT2D eigenvalue weighted by Crippen LogP contribution is -2.46. The Hall–Kier alpha value is -5.40. The van der Waals surface area contributed by atoms with E-state index in [0.717, 1.165) is 11.7 Å². The number of aromatic nitrogens is 4. The maximum absolute atomic E-state index is 14.4. The molecular formula is C31H33FN6O7. The molecule has 0 bridgehead atoms.